The van der Waals surface area contributed by atoms with Crippen molar-refractivity contribution >= 4 is 16.9 Å². The molecule has 0 unspecified atom stereocenters. The van der Waals surface area contributed by atoms with E-state index in [0.29, 0.717) is 0 Å². The van der Waals surface area contributed by atoms with Gasteiger partial charge in [0.25, 0.3) is 0 Å². The van der Waals surface area contributed by atoms with Crippen LogP contribution in [0.4, 0.5) is 10.3 Å². The van der Waals surface area contributed by atoms with E-state index in [1.807, 2.05) is 12.3 Å². The normalized spacial score (nSPS) is 15.6. The molecule has 1 aliphatic rings. The fourth-order valence-corrected chi connectivity index (χ4v) is 4.20. The van der Waals surface area contributed by atoms with Crippen molar-refractivity contribution in [3.8, 4) is 11.1 Å². The number of hydrogen-bond donors (Lipinski definition) is 2. The maximum absolute atomic E-state index is 13.8. The Morgan fingerprint density at radius 2 is 1.70 bits per heavy atom. The molecule has 27 heavy (non-hydrogen) atoms. The van der Waals surface area contributed by atoms with Gasteiger partial charge in [-0.15, -0.1) is 0 Å². The molecule has 0 bridgehead atoms. The molecule has 0 spiro atoms. The maximum atomic E-state index is 13.8. The standard InChI is InChI=1S/C22H19FN4/c23-17-6-7-20-18(10-17)19(13-25-20)22(8-1-9-22)16-4-2-14(3-5-16)15-11-26-21(24)27-12-15/h2-7,10-13,25H,1,8-9H2,(H2,24,26,27). The highest BCUT2D eigenvalue weighted by Gasteiger charge is 2.41. The molecular weight excluding hydrogens is 339 g/mol. The van der Waals surface area contributed by atoms with Crippen molar-refractivity contribution < 1.29 is 4.39 Å². The number of H-pyrrole nitrogens is 1. The minimum Gasteiger partial charge on any atom is -0.368 e. The van der Waals surface area contributed by atoms with Crippen molar-refractivity contribution in [2.24, 2.45) is 0 Å². The molecule has 3 N–H and O–H groups in total. The number of nitrogens with one attached hydrogen (secondary N) is 1. The van der Waals surface area contributed by atoms with Crippen LogP contribution in [0.25, 0.3) is 22.0 Å². The summed E-state index contributed by atoms with van der Waals surface area (Å²) in [4.78, 5) is 11.4. The molecule has 2 aromatic carbocycles. The second kappa shape index (κ2) is 5.91. The zero-order chi connectivity index (χ0) is 18.4. The molecule has 1 saturated carbocycles. The molecule has 1 aliphatic carbocycles. The number of nitrogens with zero attached hydrogens (tertiary/aromatic N) is 2. The van der Waals surface area contributed by atoms with Crippen molar-refractivity contribution in [1.82, 2.24) is 15.0 Å². The predicted molar refractivity (Wildman–Crippen MR) is 105 cm³/mol. The first-order valence-corrected chi connectivity index (χ1v) is 9.11. The van der Waals surface area contributed by atoms with Gasteiger partial charge in [-0.05, 0) is 47.7 Å². The number of aromatic amines is 1. The molecule has 5 rings (SSSR count). The first-order chi connectivity index (χ1) is 13.2. The smallest absolute Gasteiger partial charge is 0.219 e. The van der Waals surface area contributed by atoms with Gasteiger partial charge in [0.2, 0.25) is 5.95 Å². The van der Waals surface area contributed by atoms with Crippen LogP contribution in [0.3, 0.4) is 0 Å². The Morgan fingerprint density at radius 3 is 2.37 bits per heavy atom. The lowest BCUT2D eigenvalue weighted by Gasteiger charge is -2.42. The van der Waals surface area contributed by atoms with Crippen molar-refractivity contribution in [3.05, 3.63) is 78.0 Å². The van der Waals surface area contributed by atoms with E-state index in [1.54, 1.807) is 18.5 Å². The largest absolute Gasteiger partial charge is 0.368 e. The van der Waals surface area contributed by atoms with Crippen molar-refractivity contribution in [3.63, 3.8) is 0 Å². The van der Waals surface area contributed by atoms with Crippen LogP contribution in [0.5, 0.6) is 0 Å². The molecule has 0 saturated heterocycles. The Labute approximate surface area is 156 Å². The van der Waals surface area contributed by atoms with Gasteiger partial charge in [0.1, 0.15) is 5.82 Å². The van der Waals surface area contributed by atoms with E-state index in [4.69, 9.17) is 5.73 Å². The zero-order valence-electron chi connectivity index (χ0n) is 14.7. The Hall–Kier alpha value is -3.21. The quantitative estimate of drug-likeness (QED) is 0.552. The van der Waals surface area contributed by atoms with E-state index < -0.39 is 0 Å². The Kier molecular flexibility index (Phi) is 3.50. The molecule has 2 aromatic heterocycles. The summed E-state index contributed by atoms with van der Waals surface area (Å²) >= 11 is 0. The number of benzene rings is 2. The lowest BCUT2D eigenvalue weighted by Crippen LogP contribution is -2.35. The fraction of sp³-hybridized carbons (Fsp3) is 0.182. The summed E-state index contributed by atoms with van der Waals surface area (Å²) in [5.74, 6) is 0.0758. The fourth-order valence-electron chi connectivity index (χ4n) is 4.20. The Morgan fingerprint density at radius 1 is 0.963 bits per heavy atom. The zero-order valence-corrected chi connectivity index (χ0v) is 14.7. The maximum Gasteiger partial charge on any atom is 0.219 e. The number of rotatable bonds is 3. The van der Waals surface area contributed by atoms with Crippen LogP contribution in [0, 0.1) is 5.82 Å². The van der Waals surface area contributed by atoms with Crippen LogP contribution in [0.15, 0.2) is 61.1 Å². The molecule has 4 aromatic rings. The third-order valence-electron chi connectivity index (χ3n) is 5.81. The van der Waals surface area contributed by atoms with Crippen molar-refractivity contribution in [2.45, 2.75) is 24.7 Å². The summed E-state index contributed by atoms with van der Waals surface area (Å²) in [6.07, 6.45) is 8.83. The first-order valence-electron chi connectivity index (χ1n) is 9.11. The monoisotopic (exact) mass is 358 g/mol. The summed E-state index contributed by atoms with van der Waals surface area (Å²) in [5, 5.41) is 0.978. The van der Waals surface area contributed by atoms with Gasteiger partial charge in [-0.2, -0.15) is 0 Å². The van der Waals surface area contributed by atoms with Crippen LogP contribution in [0.2, 0.25) is 0 Å². The van der Waals surface area contributed by atoms with Gasteiger partial charge in [0.05, 0.1) is 0 Å². The average molecular weight is 358 g/mol. The lowest BCUT2D eigenvalue weighted by atomic mass is 9.60. The molecule has 0 amide bonds. The van der Waals surface area contributed by atoms with Crippen LogP contribution >= 0.6 is 0 Å². The molecule has 134 valence electrons. The van der Waals surface area contributed by atoms with E-state index in [9.17, 15) is 4.39 Å². The Bertz CT molecular complexity index is 1110. The van der Waals surface area contributed by atoms with Crippen LogP contribution in [-0.2, 0) is 5.41 Å². The predicted octanol–water partition coefficient (Wildman–Crippen LogP) is 4.82. The second-order valence-corrected chi connectivity index (χ2v) is 7.24. The molecule has 0 radical (unpaired) electrons. The molecule has 4 nitrogen and oxygen atoms in total. The molecule has 2 heterocycles. The number of fused-ring (bicyclic) bond motifs is 1. The third-order valence-corrected chi connectivity index (χ3v) is 5.81. The molecule has 0 atom stereocenters. The number of nitrogens with two attached hydrogens (primary N) is 1. The van der Waals surface area contributed by atoms with E-state index in [1.165, 1.54) is 23.6 Å². The van der Waals surface area contributed by atoms with E-state index >= 15 is 0 Å². The number of aromatic nitrogens is 3. The van der Waals surface area contributed by atoms with Gasteiger partial charge in [-0.1, -0.05) is 30.7 Å². The highest BCUT2D eigenvalue weighted by molar-refractivity contribution is 5.85. The van der Waals surface area contributed by atoms with Crippen LogP contribution in [-0.4, -0.2) is 15.0 Å². The van der Waals surface area contributed by atoms with Gasteiger partial charge in [0, 0.05) is 40.5 Å². The molecular formula is C22H19FN4. The second-order valence-electron chi connectivity index (χ2n) is 7.24. The number of anilines is 1. The van der Waals surface area contributed by atoms with E-state index in [-0.39, 0.29) is 17.2 Å². The highest BCUT2D eigenvalue weighted by atomic mass is 19.1. The highest BCUT2D eigenvalue weighted by Crippen LogP contribution is 2.51. The van der Waals surface area contributed by atoms with Gasteiger partial charge in [0.15, 0.2) is 0 Å². The molecule has 5 heteroatoms. The summed E-state index contributed by atoms with van der Waals surface area (Å²) in [6.45, 7) is 0. The third kappa shape index (κ3) is 2.50. The summed E-state index contributed by atoms with van der Waals surface area (Å²) in [6, 6.07) is 13.5. The van der Waals surface area contributed by atoms with Crippen molar-refractivity contribution in [1.29, 1.82) is 0 Å². The Balaban J connectivity index is 1.57. The number of halogens is 1. The first kappa shape index (κ1) is 16.0. The SMILES string of the molecule is Nc1ncc(-c2ccc(C3(c4c[nH]c5ccc(F)cc45)CCC3)cc2)cn1. The lowest BCUT2D eigenvalue weighted by molar-refractivity contribution is 0.304. The molecule has 1 fully saturated rings. The summed E-state index contributed by atoms with van der Waals surface area (Å²) in [5.41, 5.74) is 10.9. The van der Waals surface area contributed by atoms with E-state index in [2.05, 4.69) is 39.2 Å². The summed E-state index contributed by atoms with van der Waals surface area (Å²) in [7, 11) is 0. The van der Waals surface area contributed by atoms with Crippen LogP contribution < -0.4 is 5.73 Å². The van der Waals surface area contributed by atoms with Crippen LogP contribution in [0.1, 0.15) is 30.4 Å². The molecule has 0 aliphatic heterocycles. The minimum absolute atomic E-state index is 0.0534. The summed E-state index contributed by atoms with van der Waals surface area (Å²) < 4.78 is 13.8. The van der Waals surface area contributed by atoms with Gasteiger partial charge >= 0.3 is 0 Å². The van der Waals surface area contributed by atoms with Crippen molar-refractivity contribution in [2.75, 3.05) is 5.73 Å². The minimum atomic E-state index is -0.198. The van der Waals surface area contributed by atoms with Gasteiger partial charge < -0.3 is 10.7 Å². The average Bonchev–Trinajstić information content (AvgIpc) is 3.06. The number of hydrogen-bond acceptors (Lipinski definition) is 3. The van der Waals surface area contributed by atoms with E-state index in [0.717, 1.165) is 34.9 Å². The van der Waals surface area contributed by atoms with Gasteiger partial charge in [-0.25, -0.2) is 14.4 Å². The topological polar surface area (TPSA) is 67.6 Å². The number of nitrogen functional groups attached to an aromatic ring is 1. The van der Waals surface area contributed by atoms with Gasteiger partial charge in [-0.3, -0.25) is 0 Å².